The molecule has 1 heterocycles. The average molecular weight is 303 g/mol. The van der Waals surface area contributed by atoms with Crippen LogP contribution in [0.3, 0.4) is 0 Å². The van der Waals surface area contributed by atoms with Crippen molar-refractivity contribution < 1.29 is 19.1 Å². The molecule has 2 amide bonds. The maximum Gasteiger partial charge on any atom is 0.417 e. The Hall–Kier alpha value is -2.30. The van der Waals surface area contributed by atoms with E-state index in [4.69, 9.17) is 9.47 Å². The first kappa shape index (κ1) is 16.1. The topological polar surface area (TPSA) is 55.8 Å². The summed E-state index contributed by atoms with van der Waals surface area (Å²) in [4.78, 5) is 25.3. The monoisotopic (exact) mass is 303 g/mol. The Morgan fingerprint density at radius 3 is 2.86 bits per heavy atom. The Morgan fingerprint density at radius 1 is 1.45 bits per heavy atom. The molecule has 0 N–H and O–H groups in total. The zero-order chi connectivity index (χ0) is 16.1. The molecule has 2 rings (SSSR count). The van der Waals surface area contributed by atoms with Crippen LogP contribution in [-0.2, 0) is 9.53 Å². The second-order valence-electron chi connectivity index (χ2n) is 5.64. The smallest absolute Gasteiger partial charge is 0.417 e. The van der Waals surface area contributed by atoms with Crippen LogP contribution in [0.25, 0.3) is 6.08 Å². The first-order valence-electron chi connectivity index (χ1n) is 7.34. The largest absolute Gasteiger partial charge is 0.496 e. The van der Waals surface area contributed by atoms with Gasteiger partial charge in [-0.2, -0.15) is 0 Å². The molecule has 1 saturated heterocycles. The van der Waals surface area contributed by atoms with Crippen molar-refractivity contribution in [2.75, 3.05) is 13.7 Å². The van der Waals surface area contributed by atoms with Crippen molar-refractivity contribution in [2.24, 2.45) is 5.92 Å². The van der Waals surface area contributed by atoms with Gasteiger partial charge in [0.25, 0.3) is 5.91 Å². The van der Waals surface area contributed by atoms with Gasteiger partial charge in [-0.05, 0) is 24.5 Å². The summed E-state index contributed by atoms with van der Waals surface area (Å²) >= 11 is 0. The van der Waals surface area contributed by atoms with E-state index < -0.39 is 6.09 Å². The SMILES string of the molecule is COc1ccccc1/C=C/C(=O)N1C(=O)OC[C@@H]1CC(C)C. The van der Waals surface area contributed by atoms with Gasteiger partial charge in [0.15, 0.2) is 0 Å². The fourth-order valence-electron chi connectivity index (χ4n) is 2.49. The maximum atomic E-state index is 12.3. The molecular weight excluding hydrogens is 282 g/mol. The Labute approximate surface area is 130 Å². The molecule has 0 aromatic heterocycles. The molecule has 1 atom stereocenters. The van der Waals surface area contributed by atoms with Crippen molar-refractivity contribution in [3.8, 4) is 5.75 Å². The number of carbonyl (C=O) groups excluding carboxylic acids is 2. The number of imide groups is 1. The molecule has 0 bridgehead atoms. The first-order valence-corrected chi connectivity index (χ1v) is 7.34. The summed E-state index contributed by atoms with van der Waals surface area (Å²) < 4.78 is 10.2. The lowest BCUT2D eigenvalue weighted by molar-refractivity contribution is -0.124. The van der Waals surface area contributed by atoms with Gasteiger partial charge in [-0.25, -0.2) is 9.69 Å². The molecule has 0 saturated carbocycles. The molecule has 1 aliphatic heterocycles. The van der Waals surface area contributed by atoms with Crippen molar-refractivity contribution >= 4 is 18.1 Å². The Balaban J connectivity index is 2.13. The quantitative estimate of drug-likeness (QED) is 0.784. The van der Waals surface area contributed by atoms with Crippen LogP contribution < -0.4 is 4.74 Å². The molecule has 5 heteroatoms. The van der Waals surface area contributed by atoms with Crippen LogP contribution in [0.2, 0.25) is 0 Å². The number of para-hydroxylation sites is 1. The van der Waals surface area contributed by atoms with E-state index in [9.17, 15) is 9.59 Å². The van der Waals surface area contributed by atoms with E-state index in [1.54, 1.807) is 13.2 Å². The molecule has 1 aliphatic rings. The minimum absolute atomic E-state index is 0.192. The number of amides is 2. The summed E-state index contributed by atoms with van der Waals surface area (Å²) in [5, 5.41) is 0. The number of cyclic esters (lactones) is 1. The third-order valence-electron chi connectivity index (χ3n) is 3.49. The van der Waals surface area contributed by atoms with Gasteiger partial charge in [0.1, 0.15) is 12.4 Å². The Bertz CT molecular complexity index is 580. The predicted octanol–water partition coefficient (Wildman–Crippen LogP) is 3.10. The minimum atomic E-state index is -0.569. The number of benzene rings is 1. The van der Waals surface area contributed by atoms with Crippen molar-refractivity contribution in [3.63, 3.8) is 0 Å². The van der Waals surface area contributed by atoms with E-state index in [1.807, 2.05) is 24.3 Å². The maximum absolute atomic E-state index is 12.3. The van der Waals surface area contributed by atoms with E-state index in [-0.39, 0.29) is 18.6 Å². The molecule has 0 aliphatic carbocycles. The average Bonchev–Trinajstić information content (AvgIpc) is 2.85. The van der Waals surface area contributed by atoms with Crippen LogP contribution in [0, 0.1) is 5.92 Å². The number of hydrogen-bond acceptors (Lipinski definition) is 4. The number of rotatable bonds is 5. The van der Waals surface area contributed by atoms with E-state index in [2.05, 4.69) is 13.8 Å². The minimum Gasteiger partial charge on any atom is -0.496 e. The van der Waals surface area contributed by atoms with Gasteiger partial charge in [-0.1, -0.05) is 32.0 Å². The summed E-state index contributed by atoms with van der Waals surface area (Å²) in [5.41, 5.74) is 0.784. The summed E-state index contributed by atoms with van der Waals surface area (Å²) in [6.45, 7) is 4.37. The zero-order valence-electron chi connectivity index (χ0n) is 13.1. The third-order valence-corrected chi connectivity index (χ3v) is 3.49. The Kier molecular flexibility index (Phi) is 5.20. The molecule has 1 aromatic rings. The summed E-state index contributed by atoms with van der Waals surface area (Å²) in [6.07, 6.45) is 3.21. The van der Waals surface area contributed by atoms with Crippen LogP contribution in [0.5, 0.6) is 5.75 Å². The van der Waals surface area contributed by atoms with Crippen molar-refractivity contribution in [1.82, 2.24) is 4.90 Å². The molecule has 0 spiro atoms. The first-order chi connectivity index (χ1) is 10.5. The van der Waals surface area contributed by atoms with Crippen molar-refractivity contribution in [2.45, 2.75) is 26.3 Å². The molecule has 1 fully saturated rings. The van der Waals surface area contributed by atoms with Gasteiger partial charge in [0.2, 0.25) is 0 Å². The summed E-state index contributed by atoms with van der Waals surface area (Å²) in [5.74, 6) is 0.696. The van der Waals surface area contributed by atoms with E-state index in [0.29, 0.717) is 11.7 Å². The number of carbonyl (C=O) groups is 2. The van der Waals surface area contributed by atoms with Gasteiger partial charge in [0.05, 0.1) is 13.2 Å². The normalized spacial score (nSPS) is 18.1. The Morgan fingerprint density at radius 2 is 2.18 bits per heavy atom. The highest BCUT2D eigenvalue weighted by atomic mass is 16.6. The van der Waals surface area contributed by atoms with E-state index in [1.165, 1.54) is 11.0 Å². The molecular formula is C17H21NO4. The molecule has 118 valence electrons. The van der Waals surface area contributed by atoms with Gasteiger partial charge in [-0.3, -0.25) is 4.79 Å². The summed E-state index contributed by atoms with van der Waals surface area (Å²) in [6, 6.07) is 7.18. The molecule has 0 unspecified atom stereocenters. The fourth-order valence-corrected chi connectivity index (χ4v) is 2.49. The van der Waals surface area contributed by atoms with Crippen LogP contribution >= 0.6 is 0 Å². The molecule has 0 radical (unpaired) electrons. The third kappa shape index (κ3) is 3.67. The van der Waals surface area contributed by atoms with Crippen LogP contribution in [-0.4, -0.2) is 36.7 Å². The highest BCUT2D eigenvalue weighted by Crippen LogP contribution is 2.22. The zero-order valence-corrected chi connectivity index (χ0v) is 13.1. The molecule has 5 nitrogen and oxygen atoms in total. The molecule has 1 aromatic carbocycles. The van der Waals surface area contributed by atoms with Crippen LogP contribution in [0.1, 0.15) is 25.8 Å². The van der Waals surface area contributed by atoms with Gasteiger partial charge in [0, 0.05) is 11.6 Å². The predicted molar refractivity (Wildman–Crippen MR) is 83.5 cm³/mol. The summed E-state index contributed by atoms with van der Waals surface area (Å²) in [7, 11) is 1.57. The van der Waals surface area contributed by atoms with Gasteiger partial charge in [-0.15, -0.1) is 0 Å². The molecule has 22 heavy (non-hydrogen) atoms. The second-order valence-corrected chi connectivity index (χ2v) is 5.64. The fraction of sp³-hybridized carbons (Fsp3) is 0.412. The number of hydrogen-bond donors (Lipinski definition) is 0. The van der Waals surface area contributed by atoms with Crippen LogP contribution in [0.4, 0.5) is 4.79 Å². The lowest BCUT2D eigenvalue weighted by Crippen LogP contribution is -2.38. The number of nitrogens with zero attached hydrogens (tertiary/aromatic N) is 1. The lowest BCUT2D eigenvalue weighted by Gasteiger charge is -2.19. The van der Waals surface area contributed by atoms with E-state index >= 15 is 0 Å². The highest BCUT2D eigenvalue weighted by molar-refractivity contribution is 6.02. The van der Waals surface area contributed by atoms with Crippen molar-refractivity contribution in [1.29, 1.82) is 0 Å². The standard InChI is InChI=1S/C17H21NO4/c1-12(2)10-14-11-22-17(20)18(14)16(19)9-8-13-6-4-5-7-15(13)21-3/h4-9,12,14H,10-11H2,1-3H3/b9-8+/t14-/m0/s1. The van der Waals surface area contributed by atoms with Gasteiger partial charge >= 0.3 is 6.09 Å². The lowest BCUT2D eigenvalue weighted by atomic mass is 10.0. The number of ether oxygens (including phenoxy) is 2. The van der Waals surface area contributed by atoms with Crippen molar-refractivity contribution in [3.05, 3.63) is 35.9 Å². The highest BCUT2D eigenvalue weighted by Gasteiger charge is 2.36. The van der Waals surface area contributed by atoms with E-state index in [0.717, 1.165) is 12.0 Å². The van der Waals surface area contributed by atoms with Gasteiger partial charge < -0.3 is 9.47 Å². The number of methoxy groups -OCH3 is 1. The van der Waals surface area contributed by atoms with Crippen LogP contribution in [0.15, 0.2) is 30.3 Å². The second kappa shape index (κ2) is 7.11.